The summed E-state index contributed by atoms with van der Waals surface area (Å²) in [6.07, 6.45) is 6.13. The molecule has 1 aliphatic rings. The Kier molecular flexibility index (Phi) is 2.22. The third-order valence-electron chi connectivity index (χ3n) is 2.94. The first-order valence-corrected chi connectivity index (χ1v) is 5.58. The van der Waals surface area contributed by atoms with E-state index in [1.807, 2.05) is 29.1 Å². The van der Waals surface area contributed by atoms with Crippen LogP contribution in [-0.2, 0) is 6.54 Å². The van der Waals surface area contributed by atoms with Gasteiger partial charge in [0.2, 0.25) is 0 Å². The molecule has 0 bridgehead atoms. The lowest BCUT2D eigenvalue weighted by atomic mass is 10.2. The summed E-state index contributed by atoms with van der Waals surface area (Å²) in [4.78, 5) is 4.33. The van der Waals surface area contributed by atoms with Gasteiger partial charge in [-0.2, -0.15) is 5.10 Å². The monoisotopic (exact) mass is 214 g/mol. The van der Waals surface area contributed by atoms with Crippen molar-refractivity contribution in [1.29, 1.82) is 0 Å². The summed E-state index contributed by atoms with van der Waals surface area (Å²) in [6.45, 7) is 0.554. The van der Waals surface area contributed by atoms with E-state index in [1.165, 1.54) is 18.5 Å². The number of aromatic nitrogens is 3. The zero-order valence-corrected chi connectivity index (χ0v) is 9.00. The molecule has 0 atom stereocenters. The molecular formula is C12H14N4. The molecule has 2 aromatic rings. The number of rotatable bonds is 3. The van der Waals surface area contributed by atoms with Crippen LogP contribution in [0.25, 0.3) is 5.82 Å². The third kappa shape index (κ3) is 1.51. The third-order valence-corrected chi connectivity index (χ3v) is 2.94. The minimum absolute atomic E-state index is 0.554. The molecule has 0 aliphatic heterocycles. The Hall–Kier alpha value is -1.68. The molecule has 2 N–H and O–H groups in total. The molecule has 82 valence electrons. The first-order chi connectivity index (χ1) is 7.90. The lowest BCUT2D eigenvalue weighted by Crippen LogP contribution is -2.06. The average molecular weight is 214 g/mol. The van der Waals surface area contributed by atoms with Crippen molar-refractivity contribution in [2.75, 3.05) is 0 Å². The molecule has 0 radical (unpaired) electrons. The summed E-state index contributed by atoms with van der Waals surface area (Å²) in [5.74, 6) is 1.51. The molecule has 1 aliphatic carbocycles. The van der Waals surface area contributed by atoms with Gasteiger partial charge in [-0.25, -0.2) is 9.67 Å². The second kappa shape index (κ2) is 3.72. The van der Waals surface area contributed by atoms with E-state index in [0.717, 1.165) is 11.4 Å². The maximum absolute atomic E-state index is 5.73. The molecule has 0 aromatic carbocycles. The van der Waals surface area contributed by atoms with Crippen LogP contribution in [0.4, 0.5) is 0 Å². The Morgan fingerprint density at radius 1 is 1.38 bits per heavy atom. The van der Waals surface area contributed by atoms with Crippen LogP contribution in [0, 0.1) is 0 Å². The van der Waals surface area contributed by atoms with Crippen molar-refractivity contribution in [3.05, 3.63) is 41.9 Å². The first-order valence-electron chi connectivity index (χ1n) is 5.58. The van der Waals surface area contributed by atoms with Gasteiger partial charge in [-0.3, -0.25) is 0 Å². The number of hydrogen-bond acceptors (Lipinski definition) is 3. The maximum atomic E-state index is 5.73. The molecule has 3 rings (SSSR count). The van der Waals surface area contributed by atoms with Crippen molar-refractivity contribution in [1.82, 2.24) is 14.8 Å². The molecule has 16 heavy (non-hydrogen) atoms. The van der Waals surface area contributed by atoms with Gasteiger partial charge >= 0.3 is 0 Å². The minimum atomic E-state index is 0.554. The summed E-state index contributed by atoms with van der Waals surface area (Å²) in [5, 5.41) is 4.39. The van der Waals surface area contributed by atoms with E-state index in [-0.39, 0.29) is 0 Å². The van der Waals surface area contributed by atoms with Crippen molar-refractivity contribution in [3.8, 4) is 5.82 Å². The largest absolute Gasteiger partial charge is 0.326 e. The normalized spacial score (nSPS) is 15.3. The van der Waals surface area contributed by atoms with E-state index in [4.69, 9.17) is 5.73 Å². The Balaban J connectivity index is 2.10. The highest BCUT2D eigenvalue weighted by Gasteiger charge is 2.30. The highest BCUT2D eigenvalue weighted by molar-refractivity contribution is 5.33. The van der Waals surface area contributed by atoms with Crippen LogP contribution in [0.5, 0.6) is 0 Å². The van der Waals surface area contributed by atoms with E-state index >= 15 is 0 Å². The van der Waals surface area contributed by atoms with E-state index < -0.39 is 0 Å². The summed E-state index contributed by atoms with van der Waals surface area (Å²) in [7, 11) is 0. The number of pyridine rings is 1. The van der Waals surface area contributed by atoms with Gasteiger partial charge < -0.3 is 5.73 Å². The van der Waals surface area contributed by atoms with Crippen LogP contribution in [0.15, 0.2) is 30.6 Å². The van der Waals surface area contributed by atoms with Crippen molar-refractivity contribution in [2.45, 2.75) is 25.3 Å². The number of hydrogen-bond donors (Lipinski definition) is 1. The molecule has 0 saturated heterocycles. The van der Waals surface area contributed by atoms with Crippen LogP contribution in [0.1, 0.15) is 30.0 Å². The fourth-order valence-corrected chi connectivity index (χ4v) is 2.00. The van der Waals surface area contributed by atoms with Gasteiger partial charge in [0.05, 0.1) is 11.9 Å². The van der Waals surface area contributed by atoms with Gasteiger partial charge in [0.1, 0.15) is 0 Å². The predicted octanol–water partition coefficient (Wildman–Crippen LogP) is 1.60. The molecule has 2 aromatic heterocycles. The van der Waals surface area contributed by atoms with Gasteiger partial charge in [-0.05, 0) is 25.0 Å². The molecule has 1 fully saturated rings. The maximum Gasteiger partial charge on any atom is 0.153 e. The fraction of sp³-hybridized carbons (Fsp3) is 0.333. The highest BCUT2D eigenvalue weighted by atomic mass is 15.3. The van der Waals surface area contributed by atoms with Gasteiger partial charge in [-0.1, -0.05) is 6.07 Å². The van der Waals surface area contributed by atoms with Crippen molar-refractivity contribution >= 4 is 0 Å². The van der Waals surface area contributed by atoms with E-state index in [0.29, 0.717) is 12.5 Å². The molecule has 0 unspecified atom stereocenters. The van der Waals surface area contributed by atoms with Crippen molar-refractivity contribution in [3.63, 3.8) is 0 Å². The van der Waals surface area contributed by atoms with Gasteiger partial charge in [0.25, 0.3) is 0 Å². The van der Waals surface area contributed by atoms with Gasteiger partial charge in [0, 0.05) is 24.2 Å². The standard InChI is InChI=1S/C12H14N4/c13-7-10-8-15-16(12(10)9-4-5-9)11-3-1-2-6-14-11/h1-3,6,8-9H,4-5,7,13H2. The van der Waals surface area contributed by atoms with Crippen LogP contribution in [-0.4, -0.2) is 14.8 Å². The Morgan fingerprint density at radius 3 is 2.88 bits per heavy atom. The second-order valence-corrected chi connectivity index (χ2v) is 4.13. The minimum Gasteiger partial charge on any atom is -0.326 e. The van der Waals surface area contributed by atoms with Crippen LogP contribution in [0.2, 0.25) is 0 Å². The van der Waals surface area contributed by atoms with E-state index in [9.17, 15) is 0 Å². The molecule has 4 nitrogen and oxygen atoms in total. The van der Waals surface area contributed by atoms with Gasteiger partial charge in [0.15, 0.2) is 5.82 Å². The Labute approximate surface area is 94.1 Å². The Morgan fingerprint density at radius 2 is 2.25 bits per heavy atom. The summed E-state index contributed by atoms with van der Waals surface area (Å²) in [6, 6.07) is 5.86. The van der Waals surface area contributed by atoms with Crippen molar-refractivity contribution < 1.29 is 0 Å². The zero-order valence-electron chi connectivity index (χ0n) is 9.00. The number of nitrogens with two attached hydrogens (primary N) is 1. The first kappa shape index (κ1) is 9.54. The van der Waals surface area contributed by atoms with E-state index in [2.05, 4.69) is 10.1 Å². The topological polar surface area (TPSA) is 56.7 Å². The van der Waals surface area contributed by atoms with Crippen LogP contribution < -0.4 is 5.73 Å². The van der Waals surface area contributed by atoms with Crippen molar-refractivity contribution in [2.24, 2.45) is 5.73 Å². The molecule has 0 spiro atoms. The van der Waals surface area contributed by atoms with Crippen LogP contribution in [0.3, 0.4) is 0 Å². The van der Waals surface area contributed by atoms with Crippen LogP contribution >= 0.6 is 0 Å². The van der Waals surface area contributed by atoms with E-state index in [1.54, 1.807) is 6.20 Å². The highest BCUT2D eigenvalue weighted by Crippen LogP contribution is 2.42. The Bertz CT molecular complexity index is 485. The average Bonchev–Trinajstić information content (AvgIpc) is 3.09. The SMILES string of the molecule is NCc1cnn(-c2ccccn2)c1C1CC1. The second-order valence-electron chi connectivity index (χ2n) is 4.13. The zero-order chi connectivity index (χ0) is 11.0. The number of nitrogens with zero attached hydrogens (tertiary/aromatic N) is 3. The summed E-state index contributed by atoms with van der Waals surface area (Å²) >= 11 is 0. The molecule has 0 amide bonds. The lowest BCUT2D eigenvalue weighted by Gasteiger charge is -2.06. The predicted molar refractivity (Wildman–Crippen MR) is 61.2 cm³/mol. The summed E-state index contributed by atoms with van der Waals surface area (Å²) in [5.41, 5.74) is 8.13. The molecular weight excluding hydrogens is 200 g/mol. The fourth-order valence-electron chi connectivity index (χ4n) is 2.00. The molecule has 4 heteroatoms. The smallest absolute Gasteiger partial charge is 0.153 e. The lowest BCUT2D eigenvalue weighted by molar-refractivity contribution is 0.778. The summed E-state index contributed by atoms with van der Waals surface area (Å²) < 4.78 is 1.93. The molecule has 2 heterocycles. The quantitative estimate of drug-likeness (QED) is 0.844. The van der Waals surface area contributed by atoms with Gasteiger partial charge in [-0.15, -0.1) is 0 Å². The molecule has 1 saturated carbocycles.